The van der Waals surface area contributed by atoms with Crippen molar-refractivity contribution in [2.45, 2.75) is 19.5 Å². The molecule has 13 heavy (non-hydrogen) atoms. The van der Waals surface area contributed by atoms with E-state index < -0.39 is 24.3 Å². The van der Waals surface area contributed by atoms with Crippen molar-refractivity contribution in [1.82, 2.24) is 6.15 Å². The van der Waals surface area contributed by atoms with E-state index in [2.05, 4.69) is 4.74 Å². The van der Waals surface area contributed by atoms with E-state index in [1.54, 1.807) is 0 Å². The third-order valence-corrected chi connectivity index (χ3v) is 0.926. The summed E-state index contributed by atoms with van der Waals surface area (Å²) in [6.45, 7) is 1.40. The summed E-state index contributed by atoms with van der Waals surface area (Å²) in [5, 5.41) is 0. The highest BCUT2D eigenvalue weighted by Gasteiger charge is 2.39. The number of Topliss-reactive ketones (excluding diaryl/α,β-unsaturated/α-hetero) is 1. The van der Waals surface area contributed by atoms with E-state index in [0.29, 0.717) is 0 Å². The summed E-state index contributed by atoms with van der Waals surface area (Å²) in [6, 6.07) is 0. The fourth-order valence-corrected chi connectivity index (χ4v) is 0.443. The van der Waals surface area contributed by atoms with E-state index in [1.165, 1.54) is 6.92 Å². The first-order valence-corrected chi connectivity index (χ1v) is 3.13. The molecule has 78 valence electrons. The molecule has 0 amide bonds. The number of carbonyl (C=O) groups is 2. The monoisotopic (exact) mass is 201 g/mol. The van der Waals surface area contributed by atoms with Gasteiger partial charge in [-0.05, 0) is 6.92 Å². The van der Waals surface area contributed by atoms with Gasteiger partial charge in [0, 0.05) is 0 Å². The second kappa shape index (κ2) is 5.52. The van der Waals surface area contributed by atoms with Crippen molar-refractivity contribution in [2.24, 2.45) is 0 Å². The molecule has 4 nitrogen and oxygen atoms in total. The Hall–Kier alpha value is -1.11. The summed E-state index contributed by atoms with van der Waals surface area (Å²) in [5.41, 5.74) is 0. The van der Waals surface area contributed by atoms with Crippen LogP contribution >= 0.6 is 0 Å². The molecule has 0 fully saturated rings. The maximum Gasteiger partial charge on any atom is 0.450 e. The zero-order valence-electron chi connectivity index (χ0n) is 6.98. The minimum absolute atomic E-state index is 0. The van der Waals surface area contributed by atoms with Gasteiger partial charge in [-0.3, -0.25) is 9.59 Å². The number of carbonyl (C=O) groups excluding carboxylic acids is 2. The van der Waals surface area contributed by atoms with E-state index in [1.807, 2.05) is 0 Å². The van der Waals surface area contributed by atoms with Gasteiger partial charge in [0.15, 0.2) is 0 Å². The van der Waals surface area contributed by atoms with Crippen LogP contribution in [-0.2, 0) is 14.3 Å². The Balaban J connectivity index is 0. The number of halogens is 3. The summed E-state index contributed by atoms with van der Waals surface area (Å²) in [6.07, 6.45) is -6.19. The molecule has 0 aromatic rings. The topological polar surface area (TPSA) is 78.4 Å². The van der Waals surface area contributed by atoms with Gasteiger partial charge in [0.1, 0.15) is 6.42 Å². The van der Waals surface area contributed by atoms with Gasteiger partial charge in [0.25, 0.3) is 0 Å². The molecule has 0 atom stereocenters. The highest BCUT2D eigenvalue weighted by Crippen LogP contribution is 2.17. The number of rotatable bonds is 3. The lowest BCUT2D eigenvalue weighted by Crippen LogP contribution is -2.26. The number of hydrogen-bond acceptors (Lipinski definition) is 4. The number of esters is 1. The quantitative estimate of drug-likeness (QED) is 0.550. The Kier molecular flexibility index (Phi) is 6.12. The molecule has 0 radical (unpaired) electrons. The maximum atomic E-state index is 11.5. The fraction of sp³-hybridized carbons (Fsp3) is 0.667. The van der Waals surface area contributed by atoms with Crippen molar-refractivity contribution in [2.75, 3.05) is 6.61 Å². The van der Waals surface area contributed by atoms with Crippen LogP contribution in [0.3, 0.4) is 0 Å². The molecular weight excluding hydrogens is 191 g/mol. The van der Waals surface area contributed by atoms with Gasteiger partial charge in [-0.15, -0.1) is 0 Å². The highest BCUT2D eigenvalue weighted by molar-refractivity contribution is 5.98. The normalized spacial score (nSPS) is 10.2. The van der Waals surface area contributed by atoms with E-state index in [4.69, 9.17) is 0 Å². The predicted octanol–water partition coefficient (Wildman–Crippen LogP) is 1.23. The highest BCUT2D eigenvalue weighted by atomic mass is 19.4. The van der Waals surface area contributed by atoms with Gasteiger partial charge in [0.05, 0.1) is 6.61 Å². The maximum absolute atomic E-state index is 11.5. The van der Waals surface area contributed by atoms with Gasteiger partial charge in [-0.1, -0.05) is 0 Å². The van der Waals surface area contributed by atoms with Crippen molar-refractivity contribution in [3.8, 4) is 0 Å². The molecule has 0 unspecified atom stereocenters. The molecule has 7 heteroatoms. The summed E-state index contributed by atoms with van der Waals surface area (Å²) in [7, 11) is 0. The molecule has 0 aromatic heterocycles. The lowest BCUT2D eigenvalue weighted by molar-refractivity contribution is -0.174. The molecular formula is C6H10F3NO3. The van der Waals surface area contributed by atoms with Crippen LogP contribution in [0.25, 0.3) is 0 Å². The van der Waals surface area contributed by atoms with Crippen molar-refractivity contribution >= 4 is 11.8 Å². The smallest absolute Gasteiger partial charge is 0.450 e. The van der Waals surface area contributed by atoms with Crippen LogP contribution in [0, 0.1) is 0 Å². The minimum Gasteiger partial charge on any atom is -0.466 e. The Morgan fingerprint density at radius 3 is 2.08 bits per heavy atom. The fourth-order valence-electron chi connectivity index (χ4n) is 0.443. The summed E-state index contributed by atoms with van der Waals surface area (Å²) in [4.78, 5) is 20.5. The second-order valence-electron chi connectivity index (χ2n) is 1.90. The Bertz CT molecular complexity index is 190. The van der Waals surface area contributed by atoms with Crippen LogP contribution in [0.4, 0.5) is 13.2 Å². The van der Waals surface area contributed by atoms with Crippen molar-refractivity contribution in [1.29, 1.82) is 0 Å². The third-order valence-electron chi connectivity index (χ3n) is 0.926. The SMILES string of the molecule is CCOC(=O)CC(=O)C(F)(F)F.N. The Morgan fingerprint density at radius 1 is 1.31 bits per heavy atom. The van der Waals surface area contributed by atoms with E-state index in [9.17, 15) is 22.8 Å². The lowest BCUT2D eigenvalue weighted by Gasteiger charge is -2.03. The number of hydrogen-bond donors (Lipinski definition) is 1. The van der Waals surface area contributed by atoms with Gasteiger partial charge in [-0.2, -0.15) is 13.2 Å². The summed E-state index contributed by atoms with van der Waals surface area (Å²) in [5.74, 6) is -3.24. The molecule has 0 aliphatic heterocycles. The molecule has 0 aliphatic carbocycles. The lowest BCUT2D eigenvalue weighted by atomic mass is 10.3. The van der Waals surface area contributed by atoms with E-state index in [0.717, 1.165) is 0 Å². The van der Waals surface area contributed by atoms with E-state index >= 15 is 0 Å². The molecule has 0 heterocycles. The molecule has 0 bridgehead atoms. The Labute approximate surface area is 72.6 Å². The molecule has 0 rings (SSSR count). The second-order valence-corrected chi connectivity index (χ2v) is 1.90. The van der Waals surface area contributed by atoms with Gasteiger partial charge >= 0.3 is 12.1 Å². The number of ketones is 1. The first-order chi connectivity index (χ1) is 5.38. The van der Waals surface area contributed by atoms with Crippen LogP contribution < -0.4 is 6.15 Å². The van der Waals surface area contributed by atoms with Crippen LogP contribution in [0.2, 0.25) is 0 Å². The van der Waals surface area contributed by atoms with Crippen LogP contribution in [0.1, 0.15) is 13.3 Å². The van der Waals surface area contributed by atoms with Crippen LogP contribution in [0.5, 0.6) is 0 Å². The van der Waals surface area contributed by atoms with Crippen LogP contribution in [0.15, 0.2) is 0 Å². The van der Waals surface area contributed by atoms with Gasteiger partial charge < -0.3 is 10.9 Å². The molecule has 0 spiro atoms. The average molecular weight is 201 g/mol. The molecule has 0 aliphatic rings. The zero-order valence-corrected chi connectivity index (χ0v) is 6.98. The van der Waals surface area contributed by atoms with Gasteiger partial charge in [-0.25, -0.2) is 0 Å². The largest absolute Gasteiger partial charge is 0.466 e. The third kappa shape index (κ3) is 6.09. The first kappa shape index (κ1) is 14.4. The summed E-state index contributed by atoms with van der Waals surface area (Å²) >= 11 is 0. The molecule has 3 N–H and O–H groups in total. The Morgan fingerprint density at radius 2 is 1.77 bits per heavy atom. The number of ether oxygens (including phenoxy) is 1. The van der Waals surface area contributed by atoms with Crippen molar-refractivity contribution < 1.29 is 27.5 Å². The predicted molar refractivity (Wildman–Crippen MR) is 37.3 cm³/mol. The molecule has 0 saturated carbocycles. The van der Waals surface area contributed by atoms with Crippen molar-refractivity contribution in [3.05, 3.63) is 0 Å². The van der Waals surface area contributed by atoms with Crippen molar-refractivity contribution in [3.63, 3.8) is 0 Å². The zero-order chi connectivity index (χ0) is 9.78. The van der Waals surface area contributed by atoms with Gasteiger partial charge in [0.2, 0.25) is 5.78 Å². The minimum atomic E-state index is -4.95. The first-order valence-electron chi connectivity index (χ1n) is 3.13. The van der Waals surface area contributed by atoms with Crippen LogP contribution in [-0.4, -0.2) is 24.5 Å². The molecule has 0 aromatic carbocycles. The average Bonchev–Trinajstić information content (AvgIpc) is 1.85. The summed E-state index contributed by atoms with van der Waals surface area (Å²) < 4.78 is 38.6. The molecule has 0 saturated heterocycles. The van der Waals surface area contributed by atoms with E-state index in [-0.39, 0.29) is 12.8 Å². The number of alkyl halides is 3. The standard InChI is InChI=1S/C6H7F3O3.H3N/c1-2-12-5(11)3-4(10)6(7,8)9;/h2-3H2,1H3;1H3.